The molecule has 0 aliphatic heterocycles. The molecule has 1 rings (SSSR count). The normalized spacial score (nSPS) is 12.5. The van der Waals surface area contributed by atoms with Crippen LogP contribution in [-0.4, -0.2) is 41.9 Å². The van der Waals surface area contributed by atoms with Gasteiger partial charge in [-0.3, -0.25) is 9.78 Å². The molecule has 1 aromatic rings. The molecule has 1 unspecified atom stereocenters. The number of aliphatic hydroxyl groups excluding tert-OH is 1. The van der Waals surface area contributed by atoms with E-state index in [2.05, 4.69) is 10.3 Å². The van der Waals surface area contributed by atoms with Gasteiger partial charge in [0, 0.05) is 25.0 Å². The zero-order valence-corrected chi connectivity index (χ0v) is 11.7. The summed E-state index contributed by atoms with van der Waals surface area (Å²) in [6, 6.07) is 3.42. The smallest absolute Gasteiger partial charge is 0.253 e. The lowest BCUT2D eigenvalue weighted by molar-refractivity contribution is 0.0259. The van der Waals surface area contributed by atoms with Gasteiger partial charge in [-0.15, -0.1) is 0 Å². The Hall–Kier alpha value is -1.46. The number of carbonyl (C=O) groups is 1. The molecule has 0 saturated heterocycles. The molecule has 0 radical (unpaired) electrons. The van der Waals surface area contributed by atoms with Crippen molar-refractivity contribution >= 4 is 5.91 Å². The number of hydrogen-bond donors (Lipinski definition) is 2. The lowest BCUT2D eigenvalue weighted by Crippen LogP contribution is -2.35. The van der Waals surface area contributed by atoms with E-state index in [4.69, 9.17) is 4.74 Å². The third-order valence-electron chi connectivity index (χ3n) is 2.51. The Kier molecular flexibility index (Phi) is 6.45. The minimum atomic E-state index is -0.695. The largest absolute Gasteiger partial charge is 0.389 e. The van der Waals surface area contributed by atoms with Crippen LogP contribution in [0.4, 0.5) is 0 Å². The SMILES string of the molecule is Cc1ncccc1C(=O)NCC(O)COCC(C)C. The van der Waals surface area contributed by atoms with E-state index in [1.54, 1.807) is 25.3 Å². The molecule has 5 nitrogen and oxygen atoms in total. The number of amides is 1. The lowest BCUT2D eigenvalue weighted by Gasteiger charge is -2.13. The van der Waals surface area contributed by atoms with E-state index in [0.29, 0.717) is 23.8 Å². The number of rotatable bonds is 7. The molecule has 0 aromatic carbocycles. The first-order valence-corrected chi connectivity index (χ1v) is 6.46. The number of pyridine rings is 1. The van der Waals surface area contributed by atoms with Gasteiger partial charge in [-0.05, 0) is 25.0 Å². The summed E-state index contributed by atoms with van der Waals surface area (Å²) in [7, 11) is 0. The van der Waals surface area contributed by atoms with Crippen LogP contribution in [0.2, 0.25) is 0 Å². The van der Waals surface area contributed by atoms with Crippen LogP contribution in [0.3, 0.4) is 0 Å². The summed E-state index contributed by atoms with van der Waals surface area (Å²) < 4.78 is 5.30. The van der Waals surface area contributed by atoms with Gasteiger partial charge in [-0.1, -0.05) is 13.8 Å². The zero-order chi connectivity index (χ0) is 14.3. The fraction of sp³-hybridized carbons (Fsp3) is 0.571. The second-order valence-corrected chi connectivity index (χ2v) is 4.93. The van der Waals surface area contributed by atoms with E-state index < -0.39 is 6.10 Å². The molecule has 5 heteroatoms. The molecule has 1 heterocycles. The highest BCUT2D eigenvalue weighted by molar-refractivity contribution is 5.95. The van der Waals surface area contributed by atoms with Gasteiger partial charge in [-0.2, -0.15) is 0 Å². The topological polar surface area (TPSA) is 71.5 Å². The Morgan fingerprint density at radius 2 is 2.21 bits per heavy atom. The maximum atomic E-state index is 11.8. The van der Waals surface area contributed by atoms with Crippen LogP contribution in [0, 0.1) is 12.8 Å². The Morgan fingerprint density at radius 3 is 2.84 bits per heavy atom. The number of nitrogens with zero attached hydrogens (tertiary/aromatic N) is 1. The molecule has 1 atom stereocenters. The van der Waals surface area contributed by atoms with E-state index in [1.165, 1.54) is 0 Å². The number of aliphatic hydroxyl groups is 1. The minimum Gasteiger partial charge on any atom is -0.389 e. The standard InChI is InChI=1S/C14H22N2O3/c1-10(2)8-19-9-12(17)7-16-14(18)13-5-4-6-15-11(13)3/h4-6,10,12,17H,7-9H2,1-3H3,(H,16,18). The van der Waals surface area contributed by atoms with Crippen molar-refractivity contribution in [3.63, 3.8) is 0 Å². The number of aromatic nitrogens is 1. The zero-order valence-electron chi connectivity index (χ0n) is 11.7. The first kappa shape index (κ1) is 15.6. The monoisotopic (exact) mass is 266 g/mol. The molecule has 1 aromatic heterocycles. The van der Waals surface area contributed by atoms with Crippen molar-refractivity contribution in [2.45, 2.75) is 26.9 Å². The fourth-order valence-electron chi connectivity index (χ4n) is 1.53. The first-order valence-electron chi connectivity index (χ1n) is 6.46. The Bertz CT molecular complexity index is 407. The molecule has 19 heavy (non-hydrogen) atoms. The van der Waals surface area contributed by atoms with Gasteiger partial charge in [0.25, 0.3) is 5.91 Å². The number of aryl methyl sites for hydroxylation is 1. The summed E-state index contributed by atoms with van der Waals surface area (Å²) in [4.78, 5) is 15.9. The van der Waals surface area contributed by atoms with E-state index in [-0.39, 0.29) is 19.1 Å². The number of hydrogen-bond acceptors (Lipinski definition) is 4. The van der Waals surface area contributed by atoms with Crippen molar-refractivity contribution in [3.8, 4) is 0 Å². The highest BCUT2D eigenvalue weighted by atomic mass is 16.5. The van der Waals surface area contributed by atoms with Gasteiger partial charge in [0.05, 0.1) is 18.3 Å². The summed E-state index contributed by atoms with van der Waals surface area (Å²) in [5.74, 6) is 0.202. The summed E-state index contributed by atoms with van der Waals surface area (Å²) in [6.07, 6.45) is 0.945. The van der Waals surface area contributed by atoms with Crippen LogP contribution in [-0.2, 0) is 4.74 Å². The second kappa shape index (κ2) is 7.86. The van der Waals surface area contributed by atoms with Gasteiger partial charge in [0.15, 0.2) is 0 Å². The predicted molar refractivity (Wildman–Crippen MR) is 73.0 cm³/mol. The van der Waals surface area contributed by atoms with Crippen molar-refractivity contribution in [2.24, 2.45) is 5.92 Å². The van der Waals surface area contributed by atoms with Crippen LogP contribution >= 0.6 is 0 Å². The van der Waals surface area contributed by atoms with Crippen molar-refractivity contribution in [1.29, 1.82) is 0 Å². The molecular formula is C14H22N2O3. The molecule has 0 bridgehead atoms. The molecule has 0 aliphatic rings. The third kappa shape index (κ3) is 5.81. The minimum absolute atomic E-state index is 0.172. The number of nitrogens with one attached hydrogen (secondary N) is 1. The predicted octanol–water partition coefficient (Wildman–Crippen LogP) is 1.15. The quantitative estimate of drug-likeness (QED) is 0.776. The molecular weight excluding hydrogens is 244 g/mol. The molecule has 1 amide bonds. The third-order valence-corrected chi connectivity index (χ3v) is 2.51. The Balaban J connectivity index is 2.32. The summed E-state index contributed by atoms with van der Waals surface area (Å²) in [6.45, 7) is 6.86. The fourth-order valence-corrected chi connectivity index (χ4v) is 1.53. The van der Waals surface area contributed by atoms with Crippen molar-refractivity contribution in [2.75, 3.05) is 19.8 Å². The maximum Gasteiger partial charge on any atom is 0.253 e. The van der Waals surface area contributed by atoms with Crippen molar-refractivity contribution < 1.29 is 14.6 Å². The first-order chi connectivity index (χ1) is 9.00. The van der Waals surface area contributed by atoms with Crippen LogP contribution < -0.4 is 5.32 Å². The van der Waals surface area contributed by atoms with Crippen LogP contribution in [0.15, 0.2) is 18.3 Å². The highest BCUT2D eigenvalue weighted by Gasteiger charge is 2.11. The van der Waals surface area contributed by atoms with Crippen molar-refractivity contribution in [3.05, 3.63) is 29.6 Å². The van der Waals surface area contributed by atoms with Gasteiger partial charge in [0.2, 0.25) is 0 Å². The molecule has 0 spiro atoms. The van der Waals surface area contributed by atoms with Gasteiger partial charge < -0.3 is 15.2 Å². The van der Waals surface area contributed by atoms with Gasteiger partial charge in [0.1, 0.15) is 0 Å². The van der Waals surface area contributed by atoms with Crippen LogP contribution in [0.25, 0.3) is 0 Å². The summed E-state index contributed by atoms with van der Waals surface area (Å²) in [5.41, 5.74) is 1.20. The second-order valence-electron chi connectivity index (χ2n) is 4.93. The average Bonchev–Trinajstić information content (AvgIpc) is 2.36. The summed E-state index contributed by atoms with van der Waals surface area (Å²) >= 11 is 0. The van der Waals surface area contributed by atoms with Crippen molar-refractivity contribution in [1.82, 2.24) is 10.3 Å². The van der Waals surface area contributed by atoms with E-state index >= 15 is 0 Å². The summed E-state index contributed by atoms with van der Waals surface area (Å²) in [5, 5.41) is 12.3. The number of carbonyl (C=O) groups excluding carboxylic acids is 1. The highest BCUT2D eigenvalue weighted by Crippen LogP contribution is 2.03. The molecule has 0 saturated carbocycles. The number of ether oxygens (including phenoxy) is 1. The molecule has 0 fully saturated rings. The molecule has 0 aliphatic carbocycles. The van der Waals surface area contributed by atoms with Gasteiger partial charge in [-0.25, -0.2) is 0 Å². The maximum absolute atomic E-state index is 11.8. The van der Waals surface area contributed by atoms with Crippen LogP contribution in [0.1, 0.15) is 29.9 Å². The molecule has 2 N–H and O–H groups in total. The molecule has 106 valence electrons. The van der Waals surface area contributed by atoms with Crippen LogP contribution in [0.5, 0.6) is 0 Å². The van der Waals surface area contributed by atoms with E-state index in [1.807, 2.05) is 13.8 Å². The van der Waals surface area contributed by atoms with E-state index in [9.17, 15) is 9.90 Å². The Labute approximate surface area is 114 Å². The van der Waals surface area contributed by atoms with Gasteiger partial charge >= 0.3 is 0 Å². The Morgan fingerprint density at radius 1 is 1.47 bits per heavy atom. The average molecular weight is 266 g/mol. The lowest BCUT2D eigenvalue weighted by atomic mass is 10.2. The van der Waals surface area contributed by atoms with E-state index in [0.717, 1.165) is 0 Å².